The molecule has 1 aliphatic carbocycles. The number of phenols is 1. The minimum Gasteiger partial charge on any atom is -0.502 e. The van der Waals surface area contributed by atoms with Crippen molar-refractivity contribution in [2.45, 2.75) is 38.6 Å². The van der Waals surface area contributed by atoms with E-state index in [4.69, 9.17) is 12.2 Å². The van der Waals surface area contributed by atoms with Gasteiger partial charge in [0.25, 0.3) is 0 Å². The Morgan fingerprint density at radius 1 is 1.48 bits per heavy atom. The summed E-state index contributed by atoms with van der Waals surface area (Å²) in [6.45, 7) is 2.21. The lowest BCUT2D eigenvalue weighted by molar-refractivity contribution is -0.385. The standard InChI is InChI=1S/C15H20N4O3S/c1-10-4-2-3-5-12(10)17-15(23)18-16-9-11-6-7-14(20)13(8-11)19(21)22/h6-10,12,20H,2-5H2,1H3,(H2,17,18,23)/b16-9+/t10-,12-/m1/s1. The minimum absolute atomic E-state index is 0.355. The van der Waals surface area contributed by atoms with Crippen molar-refractivity contribution in [2.75, 3.05) is 0 Å². The summed E-state index contributed by atoms with van der Waals surface area (Å²) < 4.78 is 0. The van der Waals surface area contributed by atoms with E-state index in [-0.39, 0.29) is 11.4 Å². The third-order valence-corrected chi connectivity index (χ3v) is 4.21. The third-order valence-electron chi connectivity index (χ3n) is 4.00. The Kier molecular flexibility index (Phi) is 5.86. The summed E-state index contributed by atoms with van der Waals surface area (Å²) in [4.78, 5) is 10.1. The molecular formula is C15H20N4O3S. The molecule has 0 heterocycles. The van der Waals surface area contributed by atoms with Crippen molar-refractivity contribution in [3.63, 3.8) is 0 Å². The fourth-order valence-corrected chi connectivity index (χ4v) is 2.87. The van der Waals surface area contributed by atoms with Gasteiger partial charge >= 0.3 is 5.69 Å². The molecule has 0 aliphatic heterocycles. The van der Waals surface area contributed by atoms with Gasteiger partial charge in [-0.15, -0.1) is 0 Å². The number of nitro benzene ring substituents is 1. The Balaban J connectivity index is 1.89. The number of nitro groups is 1. The maximum Gasteiger partial charge on any atom is 0.311 e. The van der Waals surface area contributed by atoms with Gasteiger partial charge in [0.2, 0.25) is 0 Å². The Labute approximate surface area is 139 Å². The van der Waals surface area contributed by atoms with E-state index in [1.165, 1.54) is 43.7 Å². The molecule has 1 saturated carbocycles. The van der Waals surface area contributed by atoms with Gasteiger partial charge < -0.3 is 10.4 Å². The number of aromatic hydroxyl groups is 1. The van der Waals surface area contributed by atoms with Crippen LogP contribution in [0.5, 0.6) is 5.75 Å². The largest absolute Gasteiger partial charge is 0.502 e. The molecule has 23 heavy (non-hydrogen) atoms. The Morgan fingerprint density at radius 2 is 2.22 bits per heavy atom. The number of nitrogens with zero attached hydrogens (tertiary/aromatic N) is 2. The maximum absolute atomic E-state index is 10.8. The summed E-state index contributed by atoms with van der Waals surface area (Å²) in [5, 5.41) is 27.8. The maximum atomic E-state index is 10.8. The molecule has 0 saturated heterocycles. The van der Waals surface area contributed by atoms with E-state index in [0.29, 0.717) is 22.6 Å². The molecule has 1 aliphatic rings. The van der Waals surface area contributed by atoms with Gasteiger partial charge in [0.1, 0.15) is 0 Å². The number of hydrazone groups is 1. The number of phenolic OH excluding ortho intramolecular Hbond substituents is 1. The van der Waals surface area contributed by atoms with Crippen LogP contribution in [-0.4, -0.2) is 27.4 Å². The van der Waals surface area contributed by atoms with Crippen LogP contribution in [0.1, 0.15) is 38.2 Å². The van der Waals surface area contributed by atoms with Gasteiger partial charge in [-0.2, -0.15) is 5.10 Å². The van der Waals surface area contributed by atoms with Gasteiger partial charge in [-0.1, -0.05) is 19.8 Å². The van der Waals surface area contributed by atoms with Crippen LogP contribution in [0.25, 0.3) is 0 Å². The first-order chi connectivity index (χ1) is 11.0. The predicted octanol–water partition coefficient (Wildman–Crippen LogP) is 2.68. The molecule has 0 radical (unpaired) electrons. The molecule has 0 spiro atoms. The molecule has 3 N–H and O–H groups in total. The molecule has 0 aromatic heterocycles. The number of nitrogens with one attached hydrogen (secondary N) is 2. The Bertz CT molecular complexity index is 621. The molecule has 1 aromatic carbocycles. The highest BCUT2D eigenvalue weighted by Gasteiger charge is 2.21. The lowest BCUT2D eigenvalue weighted by atomic mass is 9.86. The van der Waals surface area contributed by atoms with Crippen molar-refractivity contribution in [1.82, 2.24) is 10.7 Å². The average Bonchev–Trinajstić information content (AvgIpc) is 2.51. The first kappa shape index (κ1) is 17.1. The van der Waals surface area contributed by atoms with Crippen LogP contribution in [-0.2, 0) is 0 Å². The Morgan fingerprint density at radius 3 is 2.91 bits per heavy atom. The second-order valence-corrected chi connectivity index (χ2v) is 6.13. The quantitative estimate of drug-likeness (QED) is 0.338. The summed E-state index contributed by atoms with van der Waals surface area (Å²) in [7, 11) is 0. The molecule has 0 amide bonds. The fraction of sp³-hybridized carbons (Fsp3) is 0.467. The van der Waals surface area contributed by atoms with Crippen molar-refractivity contribution in [3.05, 3.63) is 33.9 Å². The van der Waals surface area contributed by atoms with Gasteiger partial charge in [0, 0.05) is 17.7 Å². The summed E-state index contributed by atoms with van der Waals surface area (Å²) in [6.07, 6.45) is 6.17. The zero-order valence-electron chi connectivity index (χ0n) is 12.9. The van der Waals surface area contributed by atoms with E-state index < -0.39 is 4.92 Å². The average molecular weight is 336 g/mol. The van der Waals surface area contributed by atoms with E-state index in [2.05, 4.69) is 22.8 Å². The fourth-order valence-electron chi connectivity index (χ4n) is 2.66. The SMILES string of the molecule is C[C@@H]1CCCC[C@H]1NC(=S)N/N=C/c1ccc(O)c([N+](=O)[O-])c1. The molecule has 8 heteroatoms. The van der Waals surface area contributed by atoms with Gasteiger partial charge in [-0.05, 0) is 43.1 Å². The first-order valence-electron chi connectivity index (χ1n) is 7.54. The second-order valence-electron chi connectivity index (χ2n) is 5.72. The third kappa shape index (κ3) is 4.88. The predicted molar refractivity (Wildman–Crippen MR) is 92.6 cm³/mol. The van der Waals surface area contributed by atoms with Gasteiger partial charge in [-0.25, -0.2) is 0 Å². The monoisotopic (exact) mass is 336 g/mol. The first-order valence-corrected chi connectivity index (χ1v) is 7.95. The van der Waals surface area contributed by atoms with Crippen LogP contribution in [0.4, 0.5) is 5.69 Å². The van der Waals surface area contributed by atoms with Crippen molar-refractivity contribution in [3.8, 4) is 5.75 Å². The van der Waals surface area contributed by atoms with E-state index in [0.717, 1.165) is 6.42 Å². The summed E-state index contributed by atoms with van der Waals surface area (Å²) in [6, 6.07) is 4.40. The summed E-state index contributed by atoms with van der Waals surface area (Å²) >= 11 is 5.21. The van der Waals surface area contributed by atoms with Crippen molar-refractivity contribution < 1.29 is 10.0 Å². The second kappa shape index (κ2) is 7.87. The minimum atomic E-state index is -0.642. The highest BCUT2D eigenvalue weighted by Crippen LogP contribution is 2.25. The zero-order valence-corrected chi connectivity index (χ0v) is 13.7. The molecule has 0 bridgehead atoms. The number of thiocarbonyl (C=S) groups is 1. The topological polar surface area (TPSA) is 99.8 Å². The number of rotatable bonds is 4. The van der Waals surface area contributed by atoms with E-state index in [9.17, 15) is 15.2 Å². The van der Waals surface area contributed by atoms with Crippen LogP contribution in [0.3, 0.4) is 0 Å². The smallest absolute Gasteiger partial charge is 0.311 e. The van der Waals surface area contributed by atoms with Gasteiger partial charge in [0.05, 0.1) is 11.1 Å². The molecular weight excluding hydrogens is 316 g/mol. The lowest BCUT2D eigenvalue weighted by Gasteiger charge is -2.30. The van der Waals surface area contributed by atoms with Gasteiger partial charge in [0.15, 0.2) is 10.9 Å². The van der Waals surface area contributed by atoms with Crippen molar-refractivity contribution in [1.29, 1.82) is 0 Å². The van der Waals surface area contributed by atoms with Crippen LogP contribution < -0.4 is 10.7 Å². The number of benzene rings is 1. The lowest BCUT2D eigenvalue weighted by Crippen LogP contribution is -2.44. The Hall–Kier alpha value is -2.22. The number of hydrogen-bond acceptors (Lipinski definition) is 5. The van der Waals surface area contributed by atoms with Crippen LogP contribution >= 0.6 is 12.2 Å². The van der Waals surface area contributed by atoms with Crippen LogP contribution in [0.2, 0.25) is 0 Å². The summed E-state index contributed by atoms with van der Waals surface area (Å²) in [5.41, 5.74) is 2.86. The summed E-state index contributed by atoms with van der Waals surface area (Å²) in [5.74, 6) is 0.204. The zero-order chi connectivity index (χ0) is 16.8. The molecule has 124 valence electrons. The van der Waals surface area contributed by atoms with Crippen LogP contribution in [0.15, 0.2) is 23.3 Å². The van der Waals surface area contributed by atoms with Crippen molar-refractivity contribution in [2.24, 2.45) is 11.0 Å². The van der Waals surface area contributed by atoms with E-state index in [1.54, 1.807) is 0 Å². The molecule has 2 rings (SSSR count). The normalized spacial score (nSPS) is 21.1. The number of hydrogen-bond donors (Lipinski definition) is 3. The highest BCUT2D eigenvalue weighted by molar-refractivity contribution is 7.80. The van der Waals surface area contributed by atoms with E-state index in [1.807, 2.05) is 0 Å². The molecule has 1 fully saturated rings. The molecule has 1 aromatic rings. The van der Waals surface area contributed by atoms with Crippen molar-refractivity contribution >= 4 is 29.2 Å². The van der Waals surface area contributed by atoms with Crippen LogP contribution in [0, 0.1) is 16.0 Å². The highest BCUT2D eigenvalue weighted by atomic mass is 32.1. The molecule has 7 nitrogen and oxygen atoms in total. The van der Waals surface area contributed by atoms with E-state index >= 15 is 0 Å². The molecule has 0 unspecified atom stereocenters. The van der Waals surface area contributed by atoms with Gasteiger partial charge in [-0.3, -0.25) is 15.5 Å². The molecule has 2 atom stereocenters.